The van der Waals surface area contributed by atoms with E-state index in [1.165, 1.54) is 4.90 Å². The summed E-state index contributed by atoms with van der Waals surface area (Å²) in [5, 5.41) is 3.19. The lowest BCUT2D eigenvalue weighted by molar-refractivity contribution is -0.137. The molecule has 0 aromatic heterocycles. The van der Waals surface area contributed by atoms with Crippen LogP contribution in [0.25, 0.3) is 5.57 Å². The summed E-state index contributed by atoms with van der Waals surface area (Å²) in [6.45, 7) is 6.14. The number of imide groups is 1. The van der Waals surface area contributed by atoms with E-state index in [4.69, 9.17) is 4.74 Å². The van der Waals surface area contributed by atoms with Crippen molar-refractivity contribution in [3.63, 3.8) is 0 Å². The van der Waals surface area contributed by atoms with Gasteiger partial charge in [-0.1, -0.05) is 60.2 Å². The largest absolute Gasteiger partial charge is 0.491 e. The summed E-state index contributed by atoms with van der Waals surface area (Å²) in [6, 6.07) is 24.5. The van der Waals surface area contributed by atoms with E-state index in [1.54, 1.807) is 0 Å². The van der Waals surface area contributed by atoms with Gasteiger partial charge in [-0.2, -0.15) is 0 Å². The topological polar surface area (TPSA) is 58.6 Å². The van der Waals surface area contributed by atoms with Gasteiger partial charge < -0.3 is 10.1 Å². The molecule has 4 rings (SSSR count). The fourth-order valence-corrected chi connectivity index (χ4v) is 3.62. The number of benzene rings is 3. The zero-order chi connectivity index (χ0) is 22.7. The fraction of sp³-hybridized carbons (Fsp3) is 0.185. The minimum Gasteiger partial charge on any atom is -0.491 e. The van der Waals surface area contributed by atoms with Crippen LogP contribution < -0.4 is 10.1 Å². The van der Waals surface area contributed by atoms with Gasteiger partial charge in [-0.25, -0.2) is 0 Å². The van der Waals surface area contributed by atoms with Crippen molar-refractivity contribution >= 4 is 23.1 Å². The van der Waals surface area contributed by atoms with Gasteiger partial charge in [0.05, 0.1) is 18.2 Å². The Morgan fingerprint density at radius 3 is 2.12 bits per heavy atom. The van der Waals surface area contributed by atoms with E-state index >= 15 is 0 Å². The molecule has 0 saturated heterocycles. The van der Waals surface area contributed by atoms with Crippen LogP contribution >= 0.6 is 0 Å². The Labute approximate surface area is 188 Å². The lowest BCUT2D eigenvalue weighted by atomic mass is 10.0. The molecule has 0 bridgehead atoms. The van der Waals surface area contributed by atoms with Gasteiger partial charge in [-0.05, 0) is 56.2 Å². The maximum Gasteiger partial charge on any atom is 0.278 e. The molecule has 0 radical (unpaired) electrons. The van der Waals surface area contributed by atoms with Crippen LogP contribution in [0.1, 0.15) is 30.5 Å². The number of aryl methyl sites for hydroxylation is 1. The average molecular weight is 427 g/mol. The summed E-state index contributed by atoms with van der Waals surface area (Å²) < 4.78 is 5.69. The van der Waals surface area contributed by atoms with E-state index in [0.29, 0.717) is 16.8 Å². The van der Waals surface area contributed by atoms with Crippen molar-refractivity contribution in [1.29, 1.82) is 0 Å². The Balaban J connectivity index is 1.68. The second-order valence-electron chi connectivity index (χ2n) is 8.11. The molecule has 162 valence electrons. The molecule has 1 aliphatic rings. The van der Waals surface area contributed by atoms with Crippen molar-refractivity contribution in [2.24, 2.45) is 0 Å². The first-order valence-corrected chi connectivity index (χ1v) is 10.7. The minimum atomic E-state index is -0.336. The summed E-state index contributed by atoms with van der Waals surface area (Å²) in [6.07, 6.45) is 0.0743. The average Bonchev–Trinajstić information content (AvgIpc) is 3.00. The number of carbonyl (C=O) groups is 2. The summed E-state index contributed by atoms with van der Waals surface area (Å²) >= 11 is 0. The summed E-state index contributed by atoms with van der Waals surface area (Å²) in [4.78, 5) is 28.0. The normalized spacial score (nSPS) is 13.8. The summed E-state index contributed by atoms with van der Waals surface area (Å²) in [5.74, 6) is 0.111. The number of hydrogen-bond acceptors (Lipinski definition) is 4. The zero-order valence-electron chi connectivity index (χ0n) is 18.5. The molecule has 2 amide bonds. The highest BCUT2D eigenvalue weighted by Crippen LogP contribution is 2.32. The molecule has 5 heteroatoms. The number of hydrogen-bond donors (Lipinski definition) is 1. The number of ether oxygens (including phenoxy) is 1. The number of nitrogens with one attached hydrogen (secondary N) is 1. The van der Waals surface area contributed by atoms with Crippen molar-refractivity contribution in [1.82, 2.24) is 4.90 Å². The van der Waals surface area contributed by atoms with Crippen LogP contribution in [0.15, 0.2) is 84.6 Å². The number of nitrogens with zero attached hydrogens (tertiary/aromatic N) is 1. The molecule has 1 N–H and O–H groups in total. The van der Waals surface area contributed by atoms with Crippen LogP contribution in [0.3, 0.4) is 0 Å². The smallest absolute Gasteiger partial charge is 0.278 e. The van der Waals surface area contributed by atoms with Gasteiger partial charge in [-0.3, -0.25) is 14.5 Å². The van der Waals surface area contributed by atoms with Crippen molar-refractivity contribution in [3.05, 3.63) is 101 Å². The van der Waals surface area contributed by atoms with Crippen LogP contribution in [0.4, 0.5) is 5.69 Å². The molecule has 0 saturated carbocycles. The predicted molar refractivity (Wildman–Crippen MR) is 126 cm³/mol. The monoisotopic (exact) mass is 426 g/mol. The number of anilines is 1. The third kappa shape index (κ3) is 4.57. The quantitative estimate of drug-likeness (QED) is 0.529. The standard InChI is InChI=1S/C27H26N2O3/c1-18(2)32-23-15-13-22(14-16-23)28-25-24(21-11-9-19(3)10-12-21)26(30)29(27(25)31)17-20-7-5-4-6-8-20/h4-16,18,28H,17H2,1-3H3. The second kappa shape index (κ2) is 9.10. The maximum absolute atomic E-state index is 13.4. The Morgan fingerprint density at radius 1 is 0.844 bits per heavy atom. The Morgan fingerprint density at radius 2 is 1.50 bits per heavy atom. The molecule has 0 unspecified atom stereocenters. The molecule has 0 fully saturated rings. The summed E-state index contributed by atoms with van der Waals surface area (Å²) in [5.41, 5.74) is 4.08. The molecule has 0 aliphatic carbocycles. The molecule has 3 aromatic carbocycles. The van der Waals surface area contributed by atoms with Gasteiger partial charge in [0.2, 0.25) is 0 Å². The molecule has 5 nitrogen and oxygen atoms in total. The lowest BCUT2D eigenvalue weighted by Gasteiger charge is -2.15. The minimum absolute atomic E-state index is 0.0743. The molecule has 0 atom stereocenters. The highest BCUT2D eigenvalue weighted by atomic mass is 16.5. The van der Waals surface area contributed by atoms with Gasteiger partial charge in [0.1, 0.15) is 11.4 Å². The number of rotatable bonds is 7. The second-order valence-corrected chi connectivity index (χ2v) is 8.11. The predicted octanol–water partition coefficient (Wildman–Crippen LogP) is 5.17. The van der Waals surface area contributed by atoms with E-state index in [1.807, 2.05) is 99.6 Å². The zero-order valence-corrected chi connectivity index (χ0v) is 18.5. The van der Waals surface area contributed by atoms with E-state index < -0.39 is 0 Å². The third-order valence-corrected chi connectivity index (χ3v) is 5.19. The van der Waals surface area contributed by atoms with Gasteiger partial charge in [0.25, 0.3) is 11.8 Å². The molecule has 32 heavy (non-hydrogen) atoms. The van der Waals surface area contributed by atoms with Crippen molar-refractivity contribution in [3.8, 4) is 5.75 Å². The van der Waals surface area contributed by atoms with Crippen molar-refractivity contribution in [2.75, 3.05) is 5.32 Å². The molecular weight excluding hydrogens is 400 g/mol. The molecular formula is C27H26N2O3. The number of amides is 2. The Bertz CT molecular complexity index is 1150. The van der Waals surface area contributed by atoms with Crippen LogP contribution in [-0.2, 0) is 16.1 Å². The van der Waals surface area contributed by atoms with Crippen molar-refractivity contribution in [2.45, 2.75) is 33.4 Å². The first-order valence-electron chi connectivity index (χ1n) is 10.7. The van der Waals surface area contributed by atoms with Gasteiger partial charge in [0, 0.05) is 5.69 Å². The molecule has 0 spiro atoms. The van der Waals surface area contributed by atoms with E-state index in [2.05, 4.69) is 5.32 Å². The van der Waals surface area contributed by atoms with Gasteiger partial charge in [0.15, 0.2) is 0 Å². The van der Waals surface area contributed by atoms with Crippen LogP contribution in [0.5, 0.6) is 5.75 Å². The Kier molecular flexibility index (Phi) is 6.08. The van der Waals surface area contributed by atoms with Crippen LogP contribution in [0, 0.1) is 6.92 Å². The van der Waals surface area contributed by atoms with Crippen molar-refractivity contribution < 1.29 is 14.3 Å². The van der Waals surface area contributed by atoms with Crippen LogP contribution in [-0.4, -0.2) is 22.8 Å². The fourth-order valence-electron chi connectivity index (χ4n) is 3.62. The first-order chi connectivity index (χ1) is 15.4. The summed E-state index contributed by atoms with van der Waals surface area (Å²) in [7, 11) is 0. The van der Waals surface area contributed by atoms with Crippen LogP contribution in [0.2, 0.25) is 0 Å². The highest BCUT2D eigenvalue weighted by molar-refractivity contribution is 6.36. The van der Waals surface area contributed by atoms with E-state index in [9.17, 15) is 9.59 Å². The number of carbonyl (C=O) groups excluding carboxylic acids is 2. The van der Waals surface area contributed by atoms with Gasteiger partial charge >= 0.3 is 0 Å². The molecule has 3 aromatic rings. The Hall–Kier alpha value is -3.86. The first kappa shape index (κ1) is 21.4. The molecule has 1 aliphatic heterocycles. The third-order valence-electron chi connectivity index (χ3n) is 5.19. The maximum atomic E-state index is 13.4. The van der Waals surface area contributed by atoms with Gasteiger partial charge in [-0.15, -0.1) is 0 Å². The van der Waals surface area contributed by atoms with E-state index in [-0.39, 0.29) is 30.2 Å². The lowest BCUT2D eigenvalue weighted by Crippen LogP contribution is -2.31. The molecule has 1 heterocycles. The van der Waals surface area contributed by atoms with E-state index in [0.717, 1.165) is 16.9 Å². The highest BCUT2D eigenvalue weighted by Gasteiger charge is 2.39. The SMILES string of the molecule is Cc1ccc(C2=C(Nc3ccc(OC(C)C)cc3)C(=O)N(Cc3ccccc3)C2=O)cc1.